The number of hydrogen-bond acceptors (Lipinski definition) is 4. The van der Waals surface area contributed by atoms with Gasteiger partial charge in [0, 0.05) is 40.0 Å². The highest BCUT2D eigenvalue weighted by Crippen LogP contribution is 2.02. The van der Waals surface area contributed by atoms with Crippen molar-refractivity contribution in [2.45, 2.75) is 19.8 Å². The third-order valence-electron chi connectivity index (χ3n) is 2.41. The van der Waals surface area contributed by atoms with Crippen molar-refractivity contribution in [3.63, 3.8) is 0 Å². The smallest absolute Gasteiger partial charge is 0.307 e. The predicted molar refractivity (Wildman–Crippen MR) is 61.4 cm³/mol. The average Bonchev–Trinajstić information content (AvgIpc) is 2.25. The monoisotopic (exact) mass is 233 g/mol. The fourth-order valence-corrected chi connectivity index (χ4v) is 1.49. The van der Waals surface area contributed by atoms with E-state index in [4.69, 9.17) is 14.9 Å². The first-order chi connectivity index (χ1) is 7.61. The molecule has 1 unspecified atom stereocenters. The first kappa shape index (κ1) is 15.3. The minimum absolute atomic E-state index is 0.141. The van der Waals surface area contributed by atoms with Crippen LogP contribution in [0.3, 0.4) is 0 Å². The van der Waals surface area contributed by atoms with Crippen LogP contribution < -0.4 is 0 Å². The summed E-state index contributed by atoms with van der Waals surface area (Å²) in [5.74, 6) is -1.15. The van der Waals surface area contributed by atoms with Crippen LogP contribution in [0.2, 0.25) is 0 Å². The van der Waals surface area contributed by atoms with Crippen LogP contribution in [0.25, 0.3) is 0 Å². The standard InChI is InChI=1S/C11H23NO4/c1-10(11(14)15)9-12(5-3-7-13)6-4-8-16-2/h10,13H,3-9H2,1-2H3,(H,14,15). The molecule has 0 aliphatic carbocycles. The highest BCUT2D eigenvalue weighted by Gasteiger charge is 2.15. The lowest BCUT2D eigenvalue weighted by Crippen LogP contribution is -2.34. The van der Waals surface area contributed by atoms with Crippen molar-refractivity contribution in [1.82, 2.24) is 4.90 Å². The van der Waals surface area contributed by atoms with Crippen LogP contribution in [-0.4, -0.2) is 61.0 Å². The number of aliphatic hydroxyl groups is 1. The Hall–Kier alpha value is -0.650. The molecule has 0 rings (SSSR count). The summed E-state index contributed by atoms with van der Waals surface area (Å²) in [4.78, 5) is 12.8. The van der Waals surface area contributed by atoms with Crippen LogP contribution in [0.1, 0.15) is 19.8 Å². The molecule has 0 saturated carbocycles. The lowest BCUT2D eigenvalue weighted by Gasteiger charge is -2.23. The molecule has 0 aliphatic rings. The van der Waals surface area contributed by atoms with Gasteiger partial charge in [0.05, 0.1) is 5.92 Å². The summed E-state index contributed by atoms with van der Waals surface area (Å²) in [6.45, 7) is 4.59. The number of ether oxygens (including phenoxy) is 1. The van der Waals surface area contributed by atoms with Gasteiger partial charge in [0.15, 0.2) is 0 Å². The van der Waals surface area contributed by atoms with Crippen molar-refractivity contribution >= 4 is 5.97 Å². The van der Waals surface area contributed by atoms with Crippen molar-refractivity contribution < 1.29 is 19.7 Å². The van der Waals surface area contributed by atoms with Gasteiger partial charge in [-0.25, -0.2) is 0 Å². The van der Waals surface area contributed by atoms with E-state index in [1.165, 1.54) is 0 Å². The molecular formula is C11H23NO4. The number of methoxy groups -OCH3 is 1. The largest absolute Gasteiger partial charge is 0.481 e. The van der Waals surface area contributed by atoms with Gasteiger partial charge in [-0.3, -0.25) is 4.79 Å². The second kappa shape index (κ2) is 9.57. The second-order valence-corrected chi connectivity index (χ2v) is 3.96. The molecule has 0 radical (unpaired) electrons. The molecular weight excluding hydrogens is 210 g/mol. The first-order valence-corrected chi connectivity index (χ1v) is 5.66. The quantitative estimate of drug-likeness (QED) is 0.535. The van der Waals surface area contributed by atoms with E-state index in [1.54, 1.807) is 14.0 Å². The number of nitrogens with zero attached hydrogens (tertiary/aromatic N) is 1. The maximum atomic E-state index is 10.7. The van der Waals surface area contributed by atoms with Crippen molar-refractivity contribution in [3.05, 3.63) is 0 Å². The SMILES string of the molecule is COCCCN(CCCO)CC(C)C(=O)O. The fraction of sp³-hybridized carbons (Fsp3) is 0.909. The molecule has 0 saturated heterocycles. The maximum absolute atomic E-state index is 10.7. The van der Waals surface area contributed by atoms with Gasteiger partial charge in [0.25, 0.3) is 0 Å². The summed E-state index contributed by atoms with van der Waals surface area (Å²) in [7, 11) is 1.65. The lowest BCUT2D eigenvalue weighted by molar-refractivity contribution is -0.141. The van der Waals surface area contributed by atoms with E-state index in [2.05, 4.69) is 4.90 Å². The summed E-state index contributed by atoms with van der Waals surface area (Å²) >= 11 is 0. The zero-order valence-electron chi connectivity index (χ0n) is 10.2. The molecule has 0 amide bonds. The molecule has 0 aromatic carbocycles. The Morgan fingerprint density at radius 1 is 1.38 bits per heavy atom. The fourth-order valence-electron chi connectivity index (χ4n) is 1.49. The Balaban J connectivity index is 3.93. The number of rotatable bonds is 10. The van der Waals surface area contributed by atoms with Gasteiger partial charge in [-0.1, -0.05) is 6.92 Å². The molecule has 0 heterocycles. The normalized spacial score (nSPS) is 13.0. The van der Waals surface area contributed by atoms with Crippen LogP contribution in [0.4, 0.5) is 0 Å². The van der Waals surface area contributed by atoms with Gasteiger partial charge in [0.2, 0.25) is 0 Å². The Kier molecular flexibility index (Phi) is 9.18. The lowest BCUT2D eigenvalue weighted by atomic mass is 10.1. The third kappa shape index (κ3) is 7.62. The van der Waals surface area contributed by atoms with E-state index in [-0.39, 0.29) is 12.5 Å². The molecule has 0 bridgehead atoms. The third-order valence-corrected chi connectivity index (χ3v) is 2.41. The molecule has 5 nitrogen and oxygen atoms in total. The number of hydrogen-bond donors (Lipinski definition) is 2. The highest BCUT2D eigenvalue weighted by atomic mass is 16.5. The number of carbonyl (C=O) groups is 1. The van der Waals surface area contributed by atoms with E-state index in [1.807, 2.05) is 0 Å². The highest BCUT2D eigenvalue weighted by molar-refractivity contribution is 5.69. The number of carboxylic acids is 1. The minimum atomic E-state index is -0.777. The topological polar surface area (TPSA) is 70.0 Å². The van der Waals surface area contributed by atoms with Gasteiger partial charge in [-0.2, -0.15) is 0 Å². The van der Waals surface area contributed by atoms with Crippen molar-refractivity contribution in [3.8, 4) is 0 Å². The molecule has 2 N–H and O–H groups in total. The predicted octanol–water partition coefficient (Wildman–Crippen LogP) is 0.428. The first-order valence-electron chi connectivity index (χ1n) is 5.66. The Labute approximate surface area is 97.0 Å². The van der Waals surface area contributed by atoms with E-state index >= 15 is 0 Å². The van der Waals surface area contributed by atoms with Gasteiger partial charge >= 0.3 is 5.97 Å². The number of carboxylic acid groups (broad SMARTS) is 1. The van der Waals surface area contributed by atoms with E-state index in [0.29, 0.717) is 19.6 Å². The average molecular weight is 233 g/mol. The zero-order chi connectivity index (χ0) is 12.4. The Morgan fingerprint density at radius 3 is 2.50 bits per heavy atom. The van der Waals surface area contributed by atoms with Gasteiger partial charge < -0.3 is 19.8 Å². The van der Waals surface area contributed by atoms with Crippen molar-refractivity contribution in [2.24, 2.45) is 5.92 Å². The summed E-state index contributed by atoms with van der Waals surface area (Å²) in [6, 6.07) is 0. The second-order valence-electron chi connectivity index (χ2n) is 3.96. The molecule has 0 aromatic heterocycles. The molecule has 1 atom stereocenters. The van der Waals surface area contributed by atoms with Crippen LogP contribution >= 0.6 is 0 Å². The van der Waals surface area contributed by atoms with Crippen LogP contribution in [0, 0.1) is 5.92 Å². The molecule has 0 aromatic rings. The minimum Gasteiger partial charge on any atom is -0.481 e. The van der Waals surface area contributed by atoms with E-state index in [0.717, 1.165) is 19.5 Å². The molecule has 0 fully saturated rings. The van der Waals surface area contributed by atoms with Crippen LogP contribution in [0.5, 0.6) is 0 Å². The van der Waals surface area contributed by atoms with Gasteiger partial charge in [0.1, 0.15) is 0 Å². The summed E-state index contributed by atoms with van der Waals surface area (Å²) < 4.78 is 4.96. The van der Waals surface area contributed by atoms with Gasteiger partial charge in [-0.15, -0.1) is 0 Å². The Morgan fingerprint density at radius 2 is 2.00 bits per heavy atom. The summed E-state index contributed by atoms with van der Waals surface area (Å²) in [5.41, 5.74) is 0. The summed E-state index contributed by atoms with van der Waals surface area (Å²) in [6.07, 6.45) is 1.56. The molecule has 0 spiro atoms. The molecule has 16 heavy (non-hydrogen) atoms. The number of aliphatic hydroxyl groups excluding tert-OH is 1. The van der Waals surface area contributed by atoms with Crippen molar-refractivity contribution in [1.29, 1.82) is 0 Å². The summed E-state index contributed by atoms with van der Waals surface area (Å²) in [5, 5.41) is 17.6. The molecule has 0 aliphatic heterocycles. The van der Waals surface area contributed by atoms with E-state index < -0.39 is 5.97 Å². The van der Waals surface area contributed by atoms with Crippen LogP contribution in [0.15, 0.2) is 0 Å². The van der Waals surface area contributed by atoms with Gasteiger partial charge in [-0.05, 0) is 12.8 Å². The van der Waals surface area contributed by atoms with Crippen LogP contribution in [-0.2, 0) is 9.53 Å². The van der Waals surface area contributed by atoms with Crippen molar-refractivity contribution in [2.75, 3.05) is 40.0 Å². The van der Waals surface area contributed by atoms with E-state index in [9.17, 15) is 4.79 Å². The molecule has 5 heteroatoms. The zero-order valence-corrected chi connectivity index (χ0v) is 10.2. The number of aliphatic carboxylic acids is 1. The maximum Gasteiger partial charge on any atom is 0.307 e. The molecule has 96 valence electrons. The Bertz CT molecular complexity index is 187.